The van der Waals surface area contributed by atoms with Crippen LogP contribution in [0.4, 0.5) is 8.78 Å². The van der Waals surface area contributed by atoms with Gasteiger partial charge in [0.15, 0.2) is 0 Å². The summed E-state index contributed by atoms with van der Waals surface area (Å²) in [5.74, 6) is -1.48. The van der Waals surface area contributed by atoms with E-state index in [-0.39, 0.29) is 17.0 Å². The Morgan fingerprint density at radius 1 is 1.46 bits per heavy atom. The minimum Gasteiger partial charge on any atom is -0.393 e. The van der Waals surface area contributed by atoms with E-state index in [1.807, 2.05) is 0 Å². The van der Waals surface area contributed by atoms with Crippen molar-refractivity contribution in [3.05, 3.63) is 34.4 Å². The number of benzene rings is 1. The van der Waals surface area contributed by atoms with Crippen LogP contribution in [0.3, 0.4) is 0 Å². The summed E-state index contributed by atoms with van der Waals surface area (Å²) in [6.07, 6.45) is -0.522. The van der Waals surface area contributed by atoms with E-state index in [1.165, 1.54) is 6.92 Å². The molecule has 0 bridgehead atoms. The Morgan fingerprint density at radius 2 is 2.08 bits per heavy atom. The average Bonchev–Trinajstić information content (AvgIpc) is 1.98. The molecule has 0 aliphatic carbocycles. The predicted octanol–water partition coefficient (Wildman–Crippen LogP) is 2.54. The Hall–Kier alpha value is -0.670. The van der Waals surface area contributed by atoms with Crippen molar-refractivity contribution in [3.8, 4) is 0 Å². The quantitative estimate of drug-likeness (QED) is 0.738. The van der Waals surface area contributed by atoms with E-state index in [1.54, 1.807) is 0 Å². The third-order valence-corrected chi connectivity index (χ3v) is 2.01. The zero-order chi connectivity index (χ0) is 10.0. The fourth-order valence-corrected chi connectivity index (χ4v) is 1.26. The van der Waals surface area contributed by atoms with Gasteiger partial charge in [0.25, 0.3) is 0 Å². The van der Waals surface area contributed by atoms with E-state index in [0.717, 1.165) is 6.07 Å². The summed E-state index contributed by atoms with van der Waals surface area (Å²) in [6, 6.07) is 1.84. The molecule has 1 aromatic rings. The Morgan fingerprint density at radius 3 is 2.62 bits per heavy atom. The molecular formula is C9H9ClF2O. The summed E-state index contributed by atoms with van der Waals surface area (Å²) < 4.78 is 25.5. The van der Waals surface area contributed by atoms with Crippen LogP contribution in [-0.2, 0) is 6.42 Å². The van der Waals surface area contributed by atoms with Gasteiger partial charge in [-0.2, -0.15) is 0 Å². The highest BCUT2D eigenvalue weighted by Gasteiger charge is 2.10. The fourth-order valence-electron chi connectivity index (χ4n) is 1.08. The van der Waals surface area contributed by atoms with E-state index in [0.29, 0.717) is 6.07 Å². The molecule has 1 atom stereocenters. The third-order valence-electron chi connectivity index (χ3n) is 1.58. The van der Waals surface area contributed by atoms with Crippen molar-refractivity contribution in [1.82, 2.24) is 0 Å². The van der Waals surface area contributed by atoms with Crippen LogP contribution in [0.1, 0.15) is 12.5 Å². The summed E-state index contributed by atoms with van der Waals surface area (Å²) in [5.41, 5.74) is 0.286. The molecule has 1 nitrogen and oxygen atoms in total. The first-order valence-corrected chi connectivity index (χ1v) is 4.20. The van der Waals surface area contributed by atoms with Gasteiger partial charge in [0.2, 0.25) is 0 Å². The zero-order valence-electron chi connectivity index (χ0n) is 7.02. The number of rotatable bonds is 2. The van der Waals surface area contributed by atoms with E-state index in [9.17, 15) is 8.78 Å². The molecule has 0 amide bonds. The first kappa shape index (κ1) is 10.4. The highest BCUT2D eigenvalue weighted by Crippen LogP contribution is 2.22. The Balaban J connectivity index is 3.05. The van der Waals surface area contributed by atoms with Crippen molar-refractivity contribution in [1.29, 1.82) is 0 Å². The zero-order valence-corrected chi connectivity index (χ0v) is 7.78. The molecule has 1 aromatic carbocycles. The lowest BCUT2D eigenvalue weighted by Gasteiger charge is -2.07. The lowest BCUT2D eigenvalue weighted by molar-refractivity contribution is 0.195. The summed E-state index contributed by atoms with van der Waals surface area (Å²) in [6.45, 7) is 1.53. The normalized spacial score (nSPS) is 13.0. The number of hydrogen-bond acceptors (Lipinski definition) is 1. The van der Waals surface area contributed by atoms with Crippen molar-refractivity contribution in [2.24, 2.45) is 0 Å². The Bertz CT molecular complexity index is 313. The summed E-state index contributed by atoms with van der Waals surface area (Å²) in [5, 5.41) is 8.89. The van der Waals surface area contributed by atoms with E-state index in [4.69, 9.17) is 16.7 Å². The van der Waals surface area contributed by atoms with Gasteiger partial charge in [0, 0.05) is 6.07 Å². The molecule has 0 fully saturated rings. The van der Waals surface area contributed by atoms with E-state index >= 15 is 0 Å². The van der Waals surface area contributed by atoms with Gasteiger partial charge < -0.3 is 5.11 Å². The molecule has 1 unspecified atom stereocenters. The van der Waals surface area contributed by atoms with Crippen LogP contribution >= 0.6 is 11.6 Å². The topological polar surface area (TPSA) is 20.2 Å². The van der Waals surface area contributed by atoms with Gasteiger partial charge in [-0.1, -0.05) is 11.6 Å². The monoisotopic (exact) mass is 206 g/mol. The van der Waals surface area contributed by atoms with Crippen molar-refractivity contribution in [2.75, 3.05) is 0 Å². The van der Waals surface area contributed by atoms with Gasteiger partial charge in [-0.3, -0.25) is 0 Å². The van der Waals surface area contributed by atoms with Gasteiger partial charge in [-0.15, -0.1) is 0 Å². The highest BCUT2D eigenvalue weighted by atomic mass is 35.5. The summed E-state index contributed by atoms with van der Waals surface area (Å²) in [4.78, 5) is 0. The summed E-state index contributed by atoms with van der Waals surface area (Å²) >= 11 is 5.56. The number of hydrogen-bond donors (Lipinski definition) is 1. The van der Waals surface area contributed by atoms with Crippen LogP contribution in [0.2, 0.25) is 5.02 Å². The molecule has 4 heteroatoms. The molecule has 0 aliphatic heterocycles. The number of aliphatic hydroxyl groups excluding tert-OH is 1. The van der Waals surface area contributed by atoms with Crippen molar-refractivity contribution < 1.29 is 13.9 Å². The van der Waals surface area contributed by atoms with Crippen molar-refractivity contribution in [3.63, 3.8) is 0 Å². The molecule has 0 saturated carbocycles. The average molecular weight is 207 g/mol. The van der Waals surface area contributed by atoms with Crippen molar-refractivity contribution >= 4 is 11.6 Å². The highest BCUT2D eigenvalue weighted by molar-refractivity contribution is 6.31. The molecule has 1 N–H and O–H groups in total. The summed E-state index contributed by atoms with van der Waals surface area (Å²) in [7, 11) is 0. The molecule has 0 saturated heterocycles. The predicted molar refractivity (Wildman–Crippen MR) is 46.8 cm³/mol. The maximum absolute atomic E-state index is 12.8. The molecule has 0 aliphatic rings. The Labute approximate surface area is 80.0 Å². The fraction of sp³-hybridized carbons (Fsp3) is 0.333. The van der Waals surface area contributed by atoms with Crippen LogP contribution in [0.25, 0.3) is 0 Å². The molecule has 0 aromatic heterocycles. The lowest BCUT2D eigenvalue weighted by atomic mass is 10.1. The smallest absolute Gasteiger partial charge is 0.144 e. The van der Waals surface area contributed by atoms with Gasteiger partial charge in [0.05, 0.1) is 11.1 Å². The second-order valence-electron chi connectivity index (χ2n) is 2.91. The van der Waals surface area contributed by atoms with Gasteiger partial charge in [-0.05, 0) is 25.0 Å². The lowest BCUT2D eigenvalue weighted by Crippen LogP contribution is -2.05. The second kappa shape index (κ2) is 4.03. The maximum atomic E-state index is 12.8. The molecule has 0 heterocycles. The van der Waals surface area contributed by atoms with Crippen LogP contribution in [-0.4, -0.2) is 11.2 Å². The van der Waals surface area contributed by atoms with Gasteiger partial charge in [-0.25, -0.2) is 8.78 Å². The van der Waals surface area contributed by atoms with E-state index < -0.39 is 17.7 Å². The molecule has 0 spiro atoms. The van der Waals surface area contributed by atoms with Crippen molar-refractivity contribution in [2.45, 2.75) is 19.4 Å². The second-order valence-corrected chi connectivity index (χ2v) is 3.29. The van der Waals surface area contributed by atoms with E-state index in [2.05, 4.69) is 0 Å². The third kappa shape index (κ3) is 2.64. The number of aliphatic hydroxyl groups is 1. The number of halogens is 3. The van der Waals surface area contributed by atoms with Gasteiger partial charge >= 0.3 is 0 Å². The minimum atomic E-state index is -0.794. The van der Waals surface area contributed by atoms with Crippen LogP contribution in [0.5, 0.6) is 0 Å². The minimum absolute atomic E-state index is 0.123. The molecule has 72 valence electrons. The van der Waals surface area contributed by atoms with Crippen LogP contribution < -0.4 is 0 Å². The first-order valence-electron chi connectivity index (χ1n) is 3.82. The van der Waals surface area contributed by atoms with Crippen LogP contribution in [0, 0.1) is 11.6 Å². The van der Waals surface area contributed by atoms with Crippen LogP contribution in [0.15, 0.2) is 12.1 Å². The standard InChI is InChI=1S/C9H9ClF2O/c1-5(13)2-6-3-7(11)4-8(12)9(6)10/h3-5,13H,2H2,1H3. The maximum Gasteiger partial charge on any atom is 0.144 e. The Kier molecular flexibility index (Phi) is 3.22. The first-order chi connectivity index (χ1) is 6.00. The van der Waals surface area contributed by atoms with Gasteiger partial charge in [0.1, 0.15) is 11.6 Å². The largest absolute Gasteiger partial charge is 0.393 e. The molecule has 0 radical (unpaired) electrons. The molecule has 1 rings (SSSR count). The molecular weight excluding hydrogens is 198 g/mol. The molecule has 13 heavy (non-hydrogen) atoms. The SMILES string of the molecule is CC(O)Cc1cc(F)cc(F)c1Cl.